The molecule has 2 heterocycles. The predicted octanol–water partition coefficient (Wildman–Crippen LogP) is 2.46. The van der Waals surface area contributed by atoms with Crippen LogP contribution in [0.1, 0.15) is 42.1 Å². The second-order valence-corrected chi connectivity index (χ2v) is 6.31. The average Bonchev–Trinajstić information content (AvgIpc) is 2.94. The molecule has 0 bridgehead atoms. The number of aryl methyl sites for hydroxylation is 1. The Hall–Kier alpha value is -1.35. The number of nitrogens with zero attached hydrogens (tertiary/aromatic N) is 1. The van der Waals surface area contributed by atoms with E-state index in [0.29, 0.717) is 5.41 Å². The summed E-state index contributed by atoms with van der Waals surface area (Å²) in [7, 11) is 0. The fourth-order valence-electron chi connectivity index (χ4n) is 3.59. The molecule has 2 fully saturated rings. The molecule has 2 saturated heterocycles. The maximum absolute atomic E-state index is 12.6. The van der Waals surface area contributed by atoms with Crippen molar-refractivity contribution in [2.45, 2.75) is 32.6 Å². The first kappa shape index (κ1) is 13.6. The minimum absolute atomic E-state index is 0.207. The molecule has 1 N–H and O–H groups in total. The van der Waals surface area contributed by atoms with Gasteiger partial charge >= 0.3 is 0 Å². The van der Waals surface area contributed by atoms with Crippen LogP contribution in [0.15, 0.2) is 24.3 Å². The lowest BCUT2D eigenvalue weighted by molar-refractivity contribution is 0.0553. The minimum Gasteiger partial charge on any atom is -0.338 e. The highest BCUT2D eigenvalue weighted by Gasteiger charge is 2.39. The zero-order valence-electron chi connectivity index (χ0n) is 12.3. The molecule has 1 aromatic carbocycles. The third-order valence-electron chi connectivity index (χ3n) is 4.89. The number of amides is 1. The molecule has 108 valence electrons. The van der Waals surface area contributed by atoms with Gasteiger partial charge in [-0.1, -0.05) is 19.1 Å². The summed E-state index contributed by atoms with van der Waals surface area (Å²) < 4.78 is 0. The van der Waals surface area contributed by atoms with Crippen LogP contribution >= 0.6 is 0 Å². The van der Waals surface area contributed by atoms with E-state index in [1.807, 2.05) is 12.1 Å². The van der Waals surface area contributed by atoms with Crippen molar-refractivity contribution in [3.63, 3.8) is 0 Å². The summed E-state index contributed by atoms with van der Waals surface area (Å²) in [6.07, 6.45) is 4.64. The van der Waals surface area contributed by atoms with Crippen molar-refractivity contribution in [3.05, 3.63) is 35.4 Å². The van der Waals surface area contributed by atoms with Gasteiger partial charge in [-0.25, -0.2) is 0 Å². The van der Waals surface area contributed by atoms with E-state index in [0.717, 1.165) is 44.6 Å². The molecular formula is C17H24N2O. The summed E-state index contributed by atoms with van der Waals surface area (Å²) in [5, 5.41) is 3.46. The Bertz CT molecular complexity index is 474. The largest absolute Gasteiger partial charge is 0.338 e. The Morgan fingerprint density at radius 2 is 2.10 bits per heavy atom. The second kappa shape index (κ2) is 5.57. The number of carbonyl (C=O) groups excluding carboxylic acids is 1. The molecule has 3 nitrogen and oxygen atoms in total. The summed E-state index contributed by atoms with van der Waals surface area (Å²) in [4.78, 5) is 14.7. The second-order valence-electron chi connectivity index (χ2n) is 6.31. The van der Waals surface area contributed by atoms with Gasteiger partial charge < -0.3 is 10.2 Å². The molecule has 0 aromatic heterocycles. The Morgan fingerprint density at radius 1 is 1.30 bits per heavy atom. The smallest absolute Gasteiger partial charge is 0.253 e. The summed E-state index contributed by atoms with van der Waals surface area (Å²) in [5.41, 5.74) is 2.47. The van der Waals surface area contributed by atoms with Gasteiger partial charge in [0.2, 0.25) is 0 Å². The third-order valence-corrected chi connectivity index (χ3v) is 4.89. The maximum Gasteiger partial charge on any atom is 0.253 e. The van der Waals surface area contributed by atoms with Crippen LogP contribution in [-0.4, -0.2) is 37.0 Å². The van der Waals surface area contributed by atoms with Crippen LogP contribution in [0.3, 0.4) is 0 Å². The summed E-state index contributed by atoms with van der Waals surface area (Å²) in [5.74, 6) is 0.207. The van der Waals surface area contributed by atoms with Crippen molar-refractivity contribution >= 4 is 5.91 Å². The van der Waals surface area contributed by atoms with Crippen LogP contribution in [0.4, 0.5) is 0 Å². The van der Waals surface area contributed by atoms with Gasteiger partial charge in [0, 0.05) is 30.6 Å². The normalized spacial score (nSPS) is 26.1. The molecule has 0 aliphatic carbocycles. The summed E-state index contributed by atoms with van der Waals surface area (Å²) >= 11 is 0. The monoisotopic (exact) mass is 272 g/mol. The quantitative estimate of drug-likeness (QED) is 0.897. The van der Waals surface area contributed by atoms with E-state index in [1.165, 1.54) is 18.4 Å². The number of hydrogen-bond acceptors (Lipinski definition) is 2. The fourth-order valence-corrected chi connectivity index (χ4v) is 3.59. The first-order valence-corrected chi connectivity index (χ1v) is 7.81. The SMILES string of the molecule is CCc1ccc(C(=O)N2CCC[C@]3(CCNC3)C2)cc1. The van der Waals surface area contributed by atoms with Crippen molar-refractivity contribution in [2.24, 2.45) is 5.41 Å². The van der Waals surface area contributed by atoms with Crippen molar-refractivity contribution in [1.82, 2.24) is 10.2 Å². The van der Waals surface area contributed by atoms with Crippen LogP contribution in [0.2, 0.25) is 0 Å². The van der Waals surface area contributed by atoms with Gasteiger partial charge in [-0.3, -0.25) is 4.79 Å². The molecule has 1 amide bonds. The zero-order chi connectivity index (χ0) is 14.0. The van der Waals surface area contributed by atoms with Crippen LogP contribution in [0.5, 0.6) is 0 Å². The van der Waals surface area contributed by atoms with E-state index in [4.69, 9.17) is 0 Å². The number of nitrogens with one attached hydrogen (secondary N) is 1. The number of benzene rings is 1. The lowest BCUT2D eigenvalue weighted by atomic mass is 9.79. The molecule has 1 atom stereocenters. The predicted molar refractivity (Wildman–Crippen MR) is 80.9 cm³/mol. The van der Waals surface area contributed by atoms with E-state index < -0.39 is 0 Å². The van der Waals surface area contributed by atoms with Crippen LogP contribution in [0.25, 0.3) is 0 Å². The van der Waals surface area contributed by atoms with E-state index in [1.54, 1.807) is 0 Å². The van der Waals surface area contributed by atoms with E-state index in [-0.39, 0.29) is 5.91 Å². The average molecular weight is 272 g/mol. The Kier molecular flexibility index (Phi) is 3.79. The van der Waals surface area contributed by atoms with Crippen molar-refractivity contribution in [1.29, 1.82) is 0 Å². The van der Waals surface area contributed by atoms with Gasteiger partial charge in [0.1, 0.15) is 0 Å². The van der Waals surface area contributed by atoms with Gasteiger partial charge in [-0.05, 0) is 49.9 Å². The highest BCUT2D eigenvalue weighted by Crippen LogP contribution is 2.35. The van der Waals surface area contributed by atoms with Crippen LogP contribution in [-0.2, 0) is 6.42 Å². The van der Waals surface area contributed by atoms with E-state index in [9.17, 15) is 4.79 Å². The molecular weight excluding hydrogens is 248 g/mol. The lowest BCUT2D eigenvalue weighted by Gasteiger charge is -2.40. The number of likely N-dealkylation sites (tertiary alicyclic amines) is 1. The van der Waals surface area contributed by atoms with Crippen LogP contribution < -0.4 is 5.32 Å². The summed E-state index contributed by atoms with van der Waals surface area (Å²) in [6, 6.07) is 8.11. The molecule has 0 saturated carbocycles. The fraction of sp³-hybridized carbons (Fsp3) is 0.588. The Morgan fingerprint density at radius 3 is 2.75 bits per heavy atom. The molecule has 3 rings (SSSR count). The van der Waals surface area contributed by atoms with Crippen molar-refractivity contribution in [3.8, 4) is 0 Å². The minimum atomic E-state index is 0.207. The van der Waals surface area contributed by atoms with E-state index in [2.05, 4.69) is 29.3 Å². The van der Waals surface area contributed by atoms with Gasteiger partial charge in [0.15, 0.2) is 0 Å². The topological polar surface area (TPSA) is 32.3 Å². The van der Waals surface area contributed by atoms with Gasteiger partial charge in [-0.15, -0.1) is 0 Å². The first-order chi connectivity index (χ1) is 9.72. The van der Waals surface area contributed by atoms with Crippen molar-refractivity contribution in [2.75, 3.05) is 26.2 Å². The number of rotatable bonds is 2. The Balaban J connectivity index is 1.72. The van der Waals surface area contributed by atoms with E-state index >= 15 is 0 Å². The molecule has 2 aliphatic rings. The molecule has 1 aromatic rings. The highest BCUT2D eigenvalue weighted by molar-refractivity contribution is 5.94. The van der Waals surface area contributed by atoms with Crippen molar-refractivity contribution < 1.29 is 4.79 Å². The van der Waals surface area contributed by atoms with Gasteiger partial charge in [0.05, 0.1) is 0 Å². The molecule has 0 unspecified atom stereocenters. The number of piperidine rings is 1. The zero-order valence-corrected chi connectivity index (χ0v) is 12.3. The van der Waals surface area contributed by atoms with Gasteiger partial charge in [-0.2, -0.15) is 0 Å². The number of carbonyl (C=O) groups is 1. The summed E-state index contributed by atoms with van der Waals surface area (Å²) in [6.45, 7) is 6.15. The lowest BCUT2D eigenvalue weighted by Crippen LogP contribution is -2.47. The van der Waals surface area contributed by atoms with Crippen LogP contribution in [0, 0.1) is 5.41 Å². The third kappa shape index (κ3) is 2.59. The molecule has 1 spiro atoms. The molecule has 3 heteroatoms. The Labute approximate surface area is 121 Å². The molecule has 2 aliphatic heterocycles. The molecule has 20 heavy (non-hydrogen) atoms. The maximum atomic E-state index is 12.6. The standard InChI is InChI=1S/C17H24N2O/c1-2-14-4-6-15(7-5-14)16(20)19-11-3-8-17(13-19)9-10-18-12-17/h4-7,18H,2-3,8-13H2,1H3/t17-/m1/s1. The molecule has 0 radical (unpaired) electrons. The van der Waals surface area contributed by atoms with Gasteiger partial charge in [0.25, 0.3) is 5.91 Å². The highest BCUT2D eigenvalue weighted by atomic mass is 16.2. The number of hydrogen-bond donors (Lipinski definition) is 1. The first-order valence-electron chi connectivity index (χ1n) is 7.81.